The first-order chi connectivity index (χ1) is 8.38. The van der Waals surface area contributed by atoms with Gasteiger partial charge in [-0.05, 0) is 19.4 Å². The highest BCUT2D eigenvalue weighted by molar-refractivity contribution is 7.09. The Morgan fingerprint density at radius 3 is 2.89 bits per heavy atom. The highest BCUT2D eigenvalue weighted by Crippen LogP contribution is 2.27. The molecule has 1 aliphatic rings. The van der Waals surface area contributed by atoms with Crippen LogP contribution in [0, 0.1) is 0 Å². The number of nitrogens with zero attached hydrogens (tertiary/aromatic N) is 2. The van der Waals surface area contributed by atoms with Gasteiger partial charge in [-0.3, -0.25) is 9.69 Å². The van der Waals surface area contributed by atoms with Gasteiger partial charge in [0.25, 0.3) is 0 Å². The Labute approximate surface area is 112 Å². The zero-order valence-electron chi connectivity index (χ0n) is 11.1. The summed E-state index contributed by atoms with van der Waals surface area (Å²) in [4.78, 5) is 17.7. The van der Waals surface area contributed by atoms with E-state index >= 15 is 0 Å². The summed E-state index contributed by atoms with van der Waals surface area (Å²) < 4.78 is 0. The molecule has 0 bridgehead atoms. The number of aromatic nitrogens is 1. The fraction of sp³-hybridized carbons (Fsp3) is 0.692. The van der Waals surface area contributed by atoms with Crippen LogP contribution in [-0.4, -0.2) is 33.5 Å². The molecule has 5 heteroatoms. The van der Waals surface area contributed by atoms with E-state index in [1.807, 2.05) is 4.90 Å². The molecule has 1 N–H and O–H groups in total. The van der Waals surface area contributed by atoms with Crippen molar-refractivity contribution in [1.29, 1.82) is 0 Å². The molecule has 18 heavy (non-hydrogen) atoms. The molecule has 2 heterocycles. The fourth-order valence-corrected chi connectivity index (χ4v) is 3.13. The second-order valence-electron chi connectivity index (χ2n) is 5.86. The normalized spacial score (nSPS) is 21.4. The molecular weight excluding hydrogens is 248 g/mol. The first-order valence-corrected chi connectivity index (χ1v) is 7.17. The summed E-state index contributed by atoms with van der Waals surface area (Å²) in [6.07, 6.45) is 1.72. The molecule has 1 atom stereocenters. The van der Waals surface area contributed by atoms with E-state index in [1.165, 1.54) is 0 Å². The van der Waals surface area contributed by atoms with E-state index in [2.05, 4.69) is 31.1 Å². The van der Waals surface area contributed by atoms with Gasteiger partial charge in [-0.1, -0.05) is 20.8 Å². The number of carboxylic acids is 1. The largest absolute Gasteiger partial charge is 0.480 e. The minimum absolute atomic E-state index is 0.0696. The first kappa shape index (κ1) is 13.5. The third-order valence-corrected chi connectivity index (χ3v) is 4.52. The molecule has 1 aromatic heterocycles. The number of carbonyl (C=O) groups is 1. The molecule has 1 aliphatic heterocycles. The maximum atomic E-state index is 11.1. The van der Waals surface area contributed by atoms with Crippen molar-refractivity contribution >= 4 is 17.3 Å². The van der Waals surface area contributed by atoms with Crippen LogP contribution in [0.25, 0.3) is 0 Å². The van der Waals surface area contributed by atoms with Gasteiger partial charge in [0, 0.05) is 17.3 Å². The second kappa shape index (κ2) is 4.97. The topological polar surface area (TPSA) is 53.4 Å². The third kappa shape index (κ3) is 2.90. The van der Waals surface area contributed by atoms with Gasteiger partial charge in [0.2, 0.25) is 0 Å². The van der Waals surface area contributed by atoms with Gasteiger partial charge in [0.1, 0.15) is 6.04 Å². The summed E-state index contributed by atoms with van der Waals surface area (Å²) in [5.74, 6) is -0.709. The van der Waals surface area contributed by atoms with Crippen molar-refractivity contribution in [3.05, 3.63) is 16.1 Å². The van der Waals surface area contributed by atoms with Crippen LogP contribution < -0.4 is 0 Å². The predicted molar refractivity (Wildman–Crippen MR) is 71.9 cm³/mol. The van der Waals surface area contributed by atoms with E-state index in [1.54, 1.807) is 11.3 Å². The van der Waals surface area contributed by atoms with Crippen LogP contribution in [0.2, 0.25) is 0 Å². The zero-order valence-corrected chi connectivity index (χ0v) is 12.0. The Morgan fingerprint density at radius 1 is 1.61 bits per heavy atom. The van der Waals surface area contributed by atoms with Crippen LogP contribution in [0.4, 0.5) is 0 Å². The smallest absolute Gasteiger partial charge is 0.320 e. The lowest BCUT2D eigenvalue weighted by Crippen LogP contribution is -2.35. The summed E-state index contributed by atoms with van der Waals surface area (Å²) >= 11 is 1.66. The number of carboxylic acid groups (broad SMARTS) is 1. The molecular formula is C13H20N2O2S. The van der Waals surface area contributed by atoms with Gasteiger partial charge < -0.3 is 5.11 Å². The molecule has 1 fully saturated rings. The van der Waals surface area contributed by atoms with E-state index in [9.17, 15) is 4.79 Å². The van der Waals surface area contributed by atoms with Crippen molar-refractivity contribution in [2.45, 2.75) is 51.6 Å². The maximum absolute atomic E-state index is 11.1. The monoisotopic (exact) mass is 268 g/mol. The Hall–Kier alpha value is -0.940. The molecule has 0 aromatic carbocycles. The number of aliphatic carboxylic acids is 1. The van der Waals surface area contributed by atoms with Crippen molar-refractivity contribution in [1.82, 2.24) is 9.88 Å². The van der Waals surface area contributed by atoms with Crippen molar-refractivity contribution in [3.63, 3.8) is 0 Å². The number of likely N-dealkylation sites (tertiary alicyclic amines) is 1. The first-order valence-electron chi connectivity index (χ1n) is 6.29. The molecule has 0 unspecified atom stereocenters. The quantitative estimate of drug-likeness (QED) is 0.915. The van der Waals surface area contributed by atoms with Crippen LogP contribution in [0.3, 0.4) is 0 Å². The van der Waals surface area contributed by atoms with Crippen LogP contribution in [0.1, 0.15) is 44.3 Å². The van der Waals surface area contributed by atoms with E-state index < -0.39 is 5.97 Å². The molecule has 0 saturated carbocycles. The van der Waals surface area contributed by atoms with Gasteiger partial charge in [-0.2, -0.15) is 0 Å². The Balaban J connectivity index is 2.05. The van der Waals surface area contributed by atoms with Gasteiger partial charge in [-0.15, -0.1) is 11.3 Å². The Kier molecular flexibility index (Phi) is 3.73. The summed E-state index contributed by atoms with van der Waals surface area (Å²) in [7, 11) is 0. The summed E-state index contributed by atoms with van der Waals surface area (Å²) in [6.45, 7) is 7.95. The van der Waals surface area contributed by atoms with Crippen molar-refractivity contribution < 1.29 is 9.90 Å². The molecule has 0 aliphatic carbocycles. The molecule has 0 amide bonds. The van der Waals surface area contributed by atoms with Crippen LogP contribution in [0.5, 0.6) is 0 Å². The second-order valence-corrected chi connectivity index (χ2v) is 6.72. The lowest BCUT2D eigenvalue weighted by Gasteiger charge is -2.19. The standard InChI is InChI=1S/C13H20N2O2S/c1-13(2,3)12-14-9(8-18-12)7-15-6-4-5-10(15)11(16)17/h8,10H,4-7H2,1-3H3,(H,16,17)/t10-/m1/s1. The summed E-state index contributed by atoms with van der Waals surface area (Å²) in [5, 5.41) is 12.3. The number of hydrogen-bond donors (Lipinski definition) is 1. The zero-order chi connectivity index (χ0) is 13.3. The molecule has 100 valence electrons. The maximum Gasteiger partial charge on any atom is 0.320 e. The fourth-order valence-electron chi connectivity index (χ4n) is 2.23. The van der Waals surface area contributed by atoms with Crippen LogP contribution in [0.15, 0.2) is 5.38 Å². The summed E-state index contributed by atoms with van der Waals surface area (Å²) in [6, 6.07) is -0.329. The minimum atomic E-state index is -0.709. The van der Waals surface area contributed by atoms with Gasteiger partial charge in [-0.25, -0.2) is 4.98 Å². The number of thiazole rings is 1. The van der Waals surface area contributed by atoms with Crippen LogP contribution in [-0.2, 0) is 16.8 Å². The van der Waals surface area contributed by atoms with E-state index in [0.29, 0.717) is 6.54 Å². The Bertz CT molecular complexity index is 436. The van der Waals surface area contributed by atoms with Gasteiger partial charge in [0.15, 0.2) is 0 Å². The Morgan fingerprint density at radius 2 is 2.33 bits per heavy atom. The van der Waals surface area contributed by atoms with Crippen molar-refractivity contribution in [3.8, 4) is 0 Å². The molecule has 0 spiro atoms. The van der Waals surface area contributed by atoms with Crippen LogP contribution >= 0.6 is 11.3 Å². The van der Waals surface area contributed by atoms with E-state index in [4.69, 9.17) is 5.11 Å². The van der Waals surface area contributed by atoms with Crippen molar-refractivity contribution in [2.24, 2.45) is 0 Å². The van der Waals surface area contributed by atoms with Crippen molar-refractivity contribution in [2.75, 3.05) is 6.54 Å². The summed E-state index contributed by atoms with van der Waals surface area (Å²) in [5.41, 5.74) is 1.07. The average Bonchev–Trinajstić information content (AvgIpc) is 2.85. The number of rotatable bonds is 3. The highest BCUT2D eigenvalue weighted by Gasteiger charge is 2.31. The third-order valence-electron chi connectivity index (χ3n) is 3.21. The molecule has 0 radical (unpaired) electrons. The van der Waals surface area contributed by atoms with Gasteiger partial charge in [0.05, 0.1) is 10.7 Å². The predicted octanol–water partition coefficient (Wildman–Crippen LogP) is 2.49. The lowest BCUT2D eigenvalue weighted by atomic mass is 9.98. The molecule has 1 saturated heterocycles. The molecule has 1 aromatic rings. The van der Waals surface area contributed by atoms with Gasteiger partial charge >= 0.3 is 5.97 Å². The SMILES string of the molecule is CC(C)(C)c1nc(CN2CCC[C@@H]2C(=O)O)cs1. The number of hydrogen-bond acceptors (Lipinski definition) is 4. The average molecular weight is 268 g/mol. The van der Waals surface area contributed by atoms with E-state index in [0.717, 1.165) is 30.1 Å². The highest BCUT2D eigenvalue weighted by atomic mass is 32.1. The van der Waals surface area contributed by atoms with E-state index in [-0.39, 0.29) is 11.5 Å². The molecule has 4 nitrogen and oxygen atoms in total. The lowest BCUT2D eigenvalue weighted by molar-refractivity contribution is -0.142. The minimum Gasteiger partial charge on any atom is -0.480 e. The molecule has 2 rings (SSSR count).